The number of amides is 1. The Kier molecular flexibility index (Phi) is 4.20. The number of nitrogens with one attached hydrogen (secondary N) is 1. The van der Waals surface area contributed by atoms with Crippen LogP contribution in [0.15, 0.2) is 41.0 Å². The van der Waals surface area contributed by atoms with Crippen LogP contribution in [0.25, 0.3) is 11.1 Å². The average molecular weight is 351 g/mol. The van der Waals surface area contributed by atoms with Gasteiger partial charge in [0.1, 0.15) is 5.52 Å². The number of hydrogen-bond acceptors (Lipinski definition) is 6. The first kappa shape index (κ1) is 16.4. The largest absolute Gasteiger partial charge is 0.459 e. The maximum Gasteiger partial charge on any atom is 0.229 e. The number of primary amides is 1. The summed E-state index contributed by atoms with van der Waals surface area (Å²) in [6.45, 7) is 3.40. The molecule has 3 aromatic rings. The molecule has 3 heterocycles. The Morgan fingerprint density at radius 1 is 1.27 bits per heavy atom. The Morgan fingerprint density at radius 3 is 2.85 bits per heavy atom. The SMILES string of the molecule is Cc1ccc(Nc2nc(N3CCCC(C(N)=O)C3)c3occc3n2)cc1. The number of nitrogens with zero attached hydrogens (tertiary/aromatic N) is 3. The number of hydrogen-bond donors (Lipinski definition) is 2. The fraction of sp³-hybridized carbons (Fsp3) is 0.316. The van der Waals surface area contributed by atoms with Gasteiger partial charge in [0.05, 0.1) is 12.2 Å². The van der Waals surface area contributed by atoms with Crippen molar-refractivity contribution in [2.24, 2.45) is 11.7 Å². The van der Waals surface area contributed by atoms with Gasteiger partial charge in [-0.15, -0.1) is 0 Å². The average Bonchev–Trinajstić information content (AvgIpc) is 3.11. The van der Waals surface area contributed by atoms with Gasteiger partial charge < -0.3 is 20.4 Å². The summed E-state index contributed by atoms with van der Waals surface area (Å²) in [7, 11) is 0. The molecule has 2 aromatic heterocycles. The fourth-order valence-corrected chi connectivity index (χ4v) is 3.29. The molecule has 3 N–H and O–H groups in total. The van der Waals surface area contributed by atoms with E-state index in [1.54, 1.807) is 6.26 Å². The van der Waals surface area contributed by atoms with Crippen molar-refractivity contribution in [2.75, 3.05) is 23.3 Å². The van der Waals surface area contributed by atoms with Gasteiger partial charge in [-0.05, 0) is 31.9 Å². The summed E-state index contributed by atoms with van der Waals surface area (Å²) in [5.41, 5.74) is 8.97. The van der Waals surface area contributed by atoms with Crippen LogP contribution in [-0.4, -0.2) is 29.0 Å². The maximum absolute atomic E-state index is 11.6. The summed E-state index contributed by atoms with van der Waals surface area (Å²) in [6.07, 6.45) is 3.31. The zero-order valence-electron chi connectivity index (χ0n) is 14.6. The van der Waals surface area contributed by atoms with Crippen molar-refractivity contribution in [1.29, 1.82) is 0 Å². The van der Waals surface area contributed by atoms with E-state index >= 15 is 0 Å². The first-order valence-corrected chi connectivity index (χ1v) is 8.73. The summed E-state index contributed by atoms with van der Waals surface area (Å²) >= 11 is 0. The summed E-state index contributed by atoms with van der Waals surface area (Å²) in [4.78, 5) is 22.9. The van der Waals surface area contributed by atoms with Gasteiger partial charge in [0.2, 0.25) is 11.9 Å². The third-order valence-electron chi connectivity index (χ3n) is 4.72. The summed E-state index contributed by atoms with van der Waals surface area (Å²) in [5, 5.41) is 3.24. The van der Waals surface area contributed by atoms with Gasteiger partial charge >= 0.3 is 0 Å². The van der Waals surface area contributed by atoms with Crippen LogP contribution in [0.2, 0.25) is 0 Å². The van der Waals surface area contributed by atoms with Crippen LogP contribution in [0, 0.1) is 12.8 Å². The number of fused-ring (bicyclic) bond motifs is 1. The van der Waals surface area contributed by atoms with Crippen LogP contribution in [0.3, 0.4) is 0 Å². The Morgan fingerprint density at radius 2 is 2.08 bits per heavy atom. The second-order valence-electron chi connectivity index (χ2n) is 6.68. The monoisotopic (exact) mass is 351 g/mol. The van der Waals surface area contributed by atoms with Crippen molar-refractivity contribution in [3.63, 3.8) is 0 Å². The zero-order valence-corrected chi connectivity index (χ0v) is 14.6. The molecule has 1 amide bonds. The van der Waals surface area contributed by atoms with E-state index in [2.05, 4.69) is 20.2 Å². The predicted molar refractivity (Wildman–Crippen MR) is 100 cm³/mol. The number of carbonyl (C=O) groups is 1. The van der Waals surface area contributed by atoms with E-state index < -0.39 is 0 Å². The van der Waals surface area contributed by atoms with E-state index in [0.29, 0.717) is 23.9 Å². The lowest BCUT2D eigenvalue weighted by atomic mass is 9.97. The van der Waals surface area contributed by atoms with Gasteiger partial charge in [0, 0.05) is 24.8 Å². The normalized spacial score (nSPS) is 17.4. The molecule has 0 saturated carbocycles. The Labute approximate surface area is 151 Å². The number of carbonyl (C=O) groups excluding carboxylic acids is 1. The number of nitrogens with two attached hydrogens (primary N) is 1. The minimum absolute atomic E-state index is 0.169. The van der Waals surface area contributed by atoms with Crippen LogP contribution in [-0.2, 0) is 4.79 Å². The number of furan rings is 1. The molecular weight excluding hydrogens is 330 g/mol. The van der Waals surface area contributed by atoms with E-state index in [1.807, 2.05) is 37.3 Å². The smallest absolute Gasteiger partial charge is 0.229 e. The highest BCUT2D eigenvalue weighted by Crippen LogP contribution is 2.30. The molecule has 1 atom stereocenters. The fourth-order valence-electron chi connectivity index (χ4n) is 3.29. The molecule has 1 saturated heterocycles. The van der Waals surface area contributed by atoms with Gasteiger partial charge in [-0.1, -0.05) is 17.7 Å². The molecule has 1 aromatic carbocycles. The molecule has 0 spiro atoms. The standard InChI is InChI=1S/C19H21N5O2/c1-12-4-6-14(7-5-12)21-19-22-15-8-10-26-16(15)18(23-19)24-9-2-3-13(11-24)17(20)25/h4-8,10,13H,2-3,9,11H2,1H3,(H2,20,25)(H,21,22,23). The summed E-state index contributed by atoms with van der Waals surface area (Å²) in [5.74, 6) is 0.759. The van der Waals surface area contributed by atoms with E-state index in [0.717, 1.165) is 30.6 Å². The van der Waals surface area contributed by atoms with Crippen LogP contribution in [0.4, 0.5) is 17.5 Å². The zero-order chi connectivity index (χ0) is 18.1. The molecule has 0 bridgehead atoms. The Bertz CT molecular complexity index is 935. The second kappa shape index (κ2) is 6.67. The molecule has 1 aliphatic rings. The van der Waals surface area contributed by atoms with Gasteiger partial charge in [-0.3, -0.25) is 4.79 Å². The van der Waals surface area contributed by atoms with Gasteiger partial charge in [-0.25, -0.2) is 4.98 Å². The van der Waals surface area contributed by atoms with Crippen molar-refractivity contribution in [2.45, 2.75) is 19.8 Å². The number of anilines is 3. The molecule has 7 nitrogen and oxygen atoms in total. The number of piperidine rings is 1. The molecule has 1 aliphatic heterocycles. The third kappa shape index (κ3) is 3.20. The van der Waals surface area contributed by atoms with Gasteiger partial charge in [0.15, 0.2) is 11.4 Å². The quantitative estimate of drug-likeness (QED) is 0.750. The van der Waals surface area contributed by atoms with Gasteiger partial charge in [0.25, 0.3) is 0 Å². The van der Waals surface area contributed by atoms with Crippen molar-refractivity contribution in [1.82, 2.24) is 9.97 Å². The van der Waals surface area contributed by atoms with E-state index in [-0.39, 0.29) is 11.8 Å². The molecule has 26 heavy (non-hydrogen) atoms. The van der Waals surface area contributed by atoms with Crippen LogP contribution in [0.1, 0.15) is 18.4 Å². The van der Waals surface area contributed by atoms with Crippen molar-refractivity contribution in [3.05, 3.63) is 42.2 Å². The van der Waals surface area contributed by atoms with E-state index in [4.69, 9.17) is 10.2 Å². The van der Waals surface area contributed by atoms with Crippen molar-refractivity contribution in [3.8, 4) is 0 Å². The number of aryl methyl sites for hydroxylation is 1. The van der Waals surface area contributed by atoms with E-state index in [1.165, 1.54) is 5.56 Å². The molecule has 7 heteroatoms. The molecule has 1 fully saturated rings. The highest BCUT2D eigenvalue weighted by molar-refractivity contribution is 5.86. The van der Waals surface area contributed by atoms with Crippen molar-refractivity contribution >= 4 is 34.5 Å². The number of rotatable bonds is 4. The molecule has 134 valence electrons. The molecule has 1 unspecified atom stereocenters. The number of aromatic nitrogens is 2. The first-order valence-electron chi connectivity index (χ1n) is 8.73. The molecular formula is C19H21N5O2. The lowest BCUT2D eigenvalue weighted by Gasteiger charge is -2.32. The first-order chi connectivity index (χ1) is 12.6. The lowest BCUT2D eigenvalue weighted by molar-refractivity contribution is -0.122. The van der Waals surface area contributed by atoms with Crippen molar-refractivity contribution < 1.29 is 9.21 Å². The minimum Gasteiger partial charge on any atom is -0.459 e. The van der Waals surface area contributed by atoms with Gasteiger partial charge in [-0.2, -0.15) is 4.98 Å². The molecule has 0 radical (unpaired) electrons. The Hall–Kier alpha value is -3.09. The van der Waals surface area contributed by atoms with Crippen LogP contribution < -0.4 is 16.0 Å². The topological polar surface area (TPSA) is 97.3 Å². The summed E-state index contributed by atoms with van der Waals surface area (Å²) in [6, 6.07) is 9.85. The second-order valence-corrected chi connectivity index (χ2v) is 6.68. The third-order valence-corrected chi connectivity index (χ3v) is 4.72. The maximum atomic E-state index is 11.6. The summed E-state index contributed by atoms with van der Waals surface area (Å²) < 4.78 is 5.61. The Balaban J connectivity index is 1.68. The minimum atomic E-state index is -0.266. The van der Waals surface area contributed by atoms with E-state index in [9.17, 15) is 4.79 Å². The van der Waals surface area contributed by atoms with Crippen LogP contribution in [0.5, 0.6) is 0 Å². The highest BCUT2D eigenvalue weighted by atomic mass is 16.3. The predicted octanol–water partition coefficient (Wildman–Crippen LogP) is 2.98. The molecule has 0 aliphatic carbocycles. The lowest BCUT2D eigenvalue weighted by Crippen LogP contribution is -2.41. The highest BCUT2D eigenvalue weighted by Gasteiger charge is 2.27. The number of benzene rings is 1. The van der Waals surface area contributed by atoms with Crippen LogP contribution >= 0.6 is 0 Å². The molecule has 4 rings (SSSR count).